The minimum atomic E-state index is -0.257. The highest BCUT2D eigenvalue weighted by molar-refractivity contribution is 14.1. The molecule has 0 saturated carbocycles. The molecule has 24 heavy (non-hydrogen) atoms. The second kappa shape index (κ2) is 7.47. The van der Waals surface area contributed by atoms with Crippen LogP contribution < -0.4 is 10.1 Å². The molecular weight excluding hydrogens is 421 g/mol. The first kappa shape index (κ1) is 16.5. The number of anilines is 1. The number of nitrogens with one attached hydrogen (secondary N) is 2. The Morgan fingerprint density at radius 2 is 2.12 bits per heavy atom. The zero-order valence-corrected chi connectivity index (χ0v) is 15.1. The van der Waals surface area contributed by atoms with E-state index in [1.807, 2.05) is 46.9 Å². The number of aromatic nitrogens is 4. The normalized spacial score (nSPS) is 10.6. The lowest BCUT2D eigenvalue weighted by Crippen LogP contribution is -2.13. The van der Waals surface area contributed by atoms with Crippen LogP contribution in [0.3, 0.4) is 0 Å². The Labute approximate surface area is 152 Å². The smallest absolute Gasteiger partial charge is 0.274 e. The van der Waals surface area contributed by atoms with Crippen LogP contribution in [0.15, 0.2) is 42.9 Å². The number of nitrogens with zero attached hydrogens (tertiary/aromatic N) is 3. The molecule has 0 atom stereocenters. The number of H-pyrrole nitrogens is 1. The lowest BCUT2D eigenvalue weighted by atomic mass is 10.2. The van der Waals surface area contributed by atoms with Crippen molar-refractivity contribution in [2.75, 3.05) is 5.32 Å². The van der Waals surface area contributed by atoms with Crippen molar-refractivity contribution in [2.24, 2.45) is 0 Å². The number of benzene rings is 1. The van der Waals surface area contributed by atoms with Gasteiger partial charge in [-0.2, -0.15) is 10.2 Å². The summed E-state index contributed by atoms with van der Waals surface area (Å²) in [5.74, 6) is 0.521. The van der Waals surface area contributed by atoms with Crippen molar-refractivity contribution in [3.8, 4) is 5.75 Å². The minimum Gasteiger partial charge on any atom is -0.471 e. The Bertz CT molecular complexity index is 825. The van der Waals surface area contributed by atoms with E-state index < -0.39 is 0 Å². The summed E-state index contributed by atoms with van der Waals surface area (Å²) in [7, 11) is 0. The maximum Gasteiger partial charge on any atom is 0.274 e. The van der Waals surface area contributed by atoms with Crippen molar-refractivity contribution in [3.05, 3.63) is 57.7 Å². The van der Waals surface area contributed by atoms with Gasteiger partial charge in [-0.25, -0.2) is 4.68 Å². The average molecular weight is 437 g/mol. The average Bonchev–Trinajstić information content (AvgIpc) is 3.22. The van der Waals surface area contributed by atoms with Crippen molar-refractivity contribution in [1.82, 2.24) is 20.0 Å². The summed E-state index contributed by atoms with van der Waals surface area (Å²) in [6, 6.07) is 7.95. The van der Waals surface area contributed by atoms with E-state index in [4.69, 9.17) is 4.74 Å². The number of ether oxygens (including phenoxy) is 1. The molecule has 2 aromatic heterocycles. The SMILES string of the molecule is CCc1ccc(OCn2cc(NC(=O)c3[nH]ncc3I)cn2)cc1. The number of rotatable bonds is 6. The molecule has 3 rings (SSSR count). The van der Waals surface area contributed by atoms with E-state index in [0.29, 0.717) is 11.4 Å². The van der Waals surface area contributed by atoms with E-state index in [9.17, 15) is 4.79 Å². The van der Waals surface area contributed by atoms with E-state index in [1.165, 1.54) is 5.56 Å². The van der Waals surface area contributed by atoms with Crippen LogP contribution >= 0.6 is 22.6 Å². The number of halogens is 1. The summed E-state index contributed by atoms with van der Waals surface area (Å²) < 4.78 is 8.04. The Morgan fingerprint density at radius 3 is 2.79 bits per heavy atom. The van der Waals surface area contributed by atoms with Gasteiger partial charge in [-0.05, 0) is 46.7 Å². The van der Waals surface area contributed by atoms with Crippen LogP contribution in [0.4, 0.5) is 5.69 Å². The maximum absolute atomic E-state index is 12.1. The fourth-order valence-electron chi connectivity index (χ4n) is 2.09. The largest absolute Gasteiger partial charge is 0.471 e. The molecular formula is C16H16IN5O2. The van der Waals surface area contributed by atoms with Gasteiger partial charge >= 0.3 is 0 Å². The molecule has 1 amide bonds. The maximum atomic E-state index is 12.1. The summed E-state index contributed by atoms with van der Waals surface area (Å²) in [5, 5.41) is 13.4. The molecule has 0 aliphatic carbocycles. The summed E-state index contributed by atoms with van der Waals surface area (Å²) in [4.78, 5) is 12.1. The van der Waals surface area contributed by atoms with Crippen molar-refractivity contribution in [2.45, 2.75) is 20.1 Å². The molecule has 0 radical (unpaired) electrons. The number of hydrogen-bond acceptors (Lipinski definition) is 4. The molecule has 0 saturated heterocycles. The third-order valence-corrected chi connectivity index (χ3v) is 4.22. The van der Waals surface area contributed by atoms with Gasteiger partial charge in [0.2, 0.25) is 0 Å². The molecule has 3 aromatic rings. The number of carbonyl (C=O) groups is 1. The lowest BCUT2D eigenvalue weighted by molar-refractivity contribution is 0.102. The van der Waals surface area contributed by atoms with E-state index in [1.54, 1.807) is 23.3 Å². The fourth-order valence-corrected chi connectivity index (χ4v) is 2.59. The third-order valence-electron chi connectivity index (χ3n) is 3.41. The zero-order chi connectivity index (χ0) is 16.9. The number of aromatic amines is 1. The molecule has 7 nitrogen and oxygen atoms in total. The predicted molar refractivity (Wildman–Crippen MR) is 97.9 cm³/mol. The monoisotopic (exact) mass is 437 g/mol. The molecule has 0 spiro atoms. The second-order valence-electron chi connectivity index (χ2n) is 5.09. The fraction of sp³-hybridized carbons (Fsp3) is 0.188. The molecule has 8 heteroatoms. The van der Waals surface area contributed by atoms with Crippen LogP contribution in [0.25, 0.3) is 0 Å². The van der Waals surface area contributed by atoms with Gasteiger partial charge in [0.15, 0.2) is 6.73 Å². The van der Waals surface area contributed by atoms with Crippen LogP contribution in [0.1, 0.15) is 23.0 Å². The molecule has 0 aliphatic heterocycles. The Balaban J connectivity index is 1.57. The molecule has 0 aliphatic rings. The molecule has 0 unspecified atom stereocenters. The summed E-state index contributed by atoms with van der Waals surface area (Å²) >= 11 is 2.05. The lowest BCUT2D eigenvalue weighted by Gasteiger charge is -2.06. The van der Waals surface area contributed by atoms with Gasteiger partial charge in [0, 0.05) is 0 Å². The number of amides is 1. The van der Waals surface area contributed by atoms with Crippen molar-refractivity contribution < 1.29 is 9.53 Å². The summed E-state index contributed by atoms with van der Waals surface area (Å²) in [6.07, 6.45) is 5.88. The predicted octanol–water partition coefficient (Wildman–Crippen LogP) is 3.06. The first-order valence-electron chi connectivity index (χ1n) is 7.40. The highest BCUT2D eigenvalue weighted by atomic mass is 127. The van der Waals surface area contributed by atoms with Gasteiger partial charge in [0.25, 0.3) is 5.91 Å². The van der Waals surface area contributed by atoms with Crippen molar-refractivity contribution in [3.63, 3.8) is 0 Å². The summed E-state index contributed by atoms with van der Waals surface area (Å²) in [5.41, 5.74) is 2.28. The first-order valence-corrected chi connectivity index (χ1v) is 8.48. The van der Waals surface area contributed by atoms with Gasteiger partial charge in [-0.1, -0.05) is 19.1 Å². The topological polar surface area (TPSA) is 84.8 Å². The van der Waals surface area contributed by atoms with Crippen LogP contribution in [0.5, 0.6) is 5.75 Å². The number of carbonyl (C=O) groups excluding carboxylic acids is 1. The summed E-state index contributed by atoms with van der Waals surface area (Å²) in [6.45, 7) is 2.38. The molecule has 2 heterocycles. The van der Waals surface area contributed by atoms with E-state index in [2.05, 4.69) is 27.5 Å². The van der Waals surface area contributed by atoms with E-state index >= 15 is 0 Å². The second-order valence-corrected chi connectivity index (χ2v) is 6.25. The zero-order valence-electron chi connectivity index (χ0n) is 13.0. The van der Waals surface area contributed by atoms with Crippen LogP contribution in [-0.4, -0.2) is 25.9 Å². The van der Waals surface area contributed by atoms with Crippen LogP contribution in [0, 0.1) is 3.57 Å². The van der Waals surface area contributed by atoms with Gasteiger partial charge in [0.05, 0.1) is 27.8 Å². The Morgan fingerprint density at radius 1 is 1.33 bits per heavy atom. The van der Waals surface area contributed by atoms with Crippen molar-refractivity contribution in [1.29, 1.82) is 0 Å². The van der Waals surface area contributed by atoms with E-state index in [0.717, 1.165) is 15.7 Å². The molecule has 0 fully saturated rings. The van der Waals surface area contributed by atoms with Crippen LogP contribution in [0.2, 0.25) is 0 Å². The van der Waals surface area contributed by atoms with Crippen LogP contribution in [-0.2, 0) is 13.2 Å². The van der Waals surface area contributed by atoms with Gasteiger partial charge in [-0.3, -0.25) is 9.89 Å². The Hall–Kier alpha value is -2.36. The third kappa shape index (κ3) is 3.94. The molecule has 0 bridgehead atoms. The highest BCUT2D eigenvalue weighted by Crippen LogP contribution is 2.14. The molecule has 1 aromatic carbocycles. The molecule has 124 valence electrons. The standard InChI is InChI=1S/C16H16IN5O2/c1-2-11-3-5-13(6-4-11)24-10-22-9-12(7-19-22)20-16(23)15-14(17)8-18-21-15/h3-9H,2,10H2,1H3,(H,18,21)(H,20,23). The first-order chi connectivity index (χ1) is 11.7. The highest BCUT2D eigenvalue weighted by Gasteiger charge is 2.13. The van der Waals surface area contributed by atoms with E-state index in [-0.39, 0.29) is 12.6 Å². The van der Waals surface area contributed by atoms with Gasteiger partial charge in [0.1, 0.15) is 11.4 Å². The Kier molecular flexibility index (Phi) is 5.14. The minimum absolute atomic E-state index is 0.257. The van der Waals surface area contributed by atoms with Gasteiger partial charge < -0.3 is 10.1 Å². The van der Waals surface area contributed by atoms with Crippen molar-refractivity contribution >= 4 is 34.2 Å². The number of hydrogen-bond donors (Lipinski definition) is 2. The molecule has 2 N–H and O–H groups in total. The quantitative estimate of drug-likeness (QED) is 0.581. The van der Waals surface area contributed by atoms with Gasteiger partial charge in [-0.15, -0.1) is 0 Å². The number of aryl methyl sites for hydroxylation is 1.